The van der Waals surface area contributed by atoms with E-state index in [1.165, 1.54) is 45.2 Å². The van der Waals surface area contributed by atoms with Crippen LogP contribution in [0.5, 0.6) is 0 Å². The van der Waals surface area contributed by atoms with Crippen LogP contribution in [0.25, 0.3) is 0 Å². The molecule has 0 amide bonds. The van der Waals surface area contributed by atoms with Crippen LogP contribution in [0.3, 0.4) is 0 Å². The van der Waals surface area contributed by atoms with Crippen molar-refractivity contribution in [2.45, 2.75) is 58.4 Å². The van der Waals surface area contributed by atoms with Crippen LogP contribution in [0.15, 0.2) is 0 Å². The van der Waals surface area contributed by atoms with Crippen molar-refractivity contribution in [2.24, 2.45) is 17.8 Å². The van der Waals surface area contributed by atoms with Crippen molar-refractivity contribution in [3.63, 3.8) is 0 Å². The molecular weight excluding hydrogens is 208 g/mol. The standard InChI is InChI=1S/C15H26N2/c1-3-4-13-5-6-14(10-16)15(9-13)17-8-7-12(2)11-17/h12-15H,3-9,11H2,1-2H3. The Balaban J connectivity index is 1.97. The zero-order valence-electron chi connectivity index (χ0n) is 11.4. The van der Waals surface area contributed by atoms with Crippen molar-refractivity contribution in [1.82, 2.24) is 4.90 Å². The summed E-state index contributed by atoms with van der Waals surface area (Å²) < 4.78 is 0. The molecule has 4 unspecified atom stereocenters. The Kier molecular flexibility index (Phi) is 4.45. The van der Waals surface area contributed by atoms with E-state index < -0.39 is 0 Å². The fourth-order valence-corrected chi connectivity index (χ4v) is 3.73. The van der Waals surface area contributed by atoms with Crippen LogP contribution >= 0.6 is 0 Å². The third kappa shape index (κ3) is 3.01. The largest absolute Gasteiger partial charge is 0.299 e. The molecule has 1 aliphatic heterocycles. The molecule has 2 nitrogen and oxygen atoms in total. The molecule has 0 N–H and O–H groups in total. The molecule has 96 valence electrons. The van der Waals surface area contributed by atoms with E-state index in [4.69, 9.17) is 0 Å². The first-order valence-corrected chi connectivity index (χ1v) is 7.38. The first-order chi connectivity index (χ1) is 8.24. The van der Waals surface area contributed by atoms with E-state index in [-0.39, 0.29) is 0 Å². The molecule has 17 heavy (non-hydrogen) atoms. The Labute approximate surface area is 106 Å². The number of nitriles is 1. The summed E-state index contributed by atoms with van der Waals surface area (Å²) in [6, 6.07) is 3.13. The zero-order chi connectivity index (χ0) is 12.3. The van der Waals surface area contributed by atoms with Crippen LogP contribution in [0.1, 0.15) is 52.4 Å². The van der Waals surface area contributed by atoms with E-state index in [0.717, 1.165) is 18.3 Å². The second kappa shape index (κ2) is 5.87. The predicted octanol–water partition coefficient (Wildman–Crippen LogP) is 3.44. The van der Waals surface area contributed by atoms with E-state index in [9.17, 15) is 5.26 Å². The van der Waals surface area contributed by atoms with Gasteiger partial charge in [0, 0.05) is 12.6 Å². The van der Waals surface area contributed by atoms with Crippen molar-refractivity contribution in [3.05, 3.63) is 0 Å². The number of hydrogen-bond acceptors (Lipinski definition) is 2. The Hall–Kier alpha value is -0.550. The summed E-state index contributed by atoms with van der Waals surface area (Å²) in [6.07, 6.45) is 7.68. The summed E-state index contributed by atoms with van der Waals surface area (Å²) in [5.74, 6) is 2.01. The predicted molar refractivity (Wildman–Crippen MR) is 70.5 cm³/mol. The van der Waals surface area contributed by atoms with E-state index in [0.29, 0.717) is 12.0 Å². The van der Waals surface area contributed by atoms with Gasteiger partial charge in [0.1, 0.15) is 0 Å². The lowest BCUT2D eigenvalue weighted by Gasteiger charge is -2.38. The van der Waals surface area contributed by atoms with Crippen molar-refractivity contribution in [3.8, 4) is 6.07 Å². The van der Waals surface area contributed by atoms with Gasteiger partial charge in [0.25, 0.3) is 0 Å². The maximum atomic E-state index is 9.33. The van der Waals surface area contributed by atoms with E-state index in [1.807, 2.05) is 0 Å². The average molecular weight is 234 g/mol. The number of hydrogen-bond donors (Lipinski definition) is 0. The van der Waals surface area contributed by atoms with Gasteiger partial charge >= 0.3 is 0 Å². The first-order valence-electron chi connectivity index (χ1n) is 7.38. The minimum atomic E-state index is 0.299. The van der Waals surface area contributed by atoms with Crippen molar-refractivity contribution in [1.29, 1.82) is 5.26 Å². The van der Waals surface area contributed by atoms with E-state index in [1.54, 1.807) is 0 Å². The number of nitrogens with zero attached hydrogens (tertiary/aromatic N) is 2. The normalized spacial score (nSPS) is 39.1. The van der Waals surface area contributed by atoms with Gasteiger partial charge in [-0.1, -0.05) is 26.7 Å². The Morgan fingerprint density at radius 3 is 2.71 bits per heavy atom. The third-order valence-corrected chi connectivity index (χ3v) is 4.71. The molecule has 1 heterocycles. The molecule has 2 fully saturated rings. The highest BCUT2D eigenvalue weighted by atomic mass is 15.2. The molecule has 0 radical (unpaired) electrons. The van der Waals surface area contributed by atoms with E-state index in [2.05, 4.69) is 24.8 Å². The first kappa shape index (κ1) is 12.9. The number of likely N-dealkylation sites (tertiary alicyclic amines) is 1. The lowest BCUT2D eigenvalue weighted by Crippen LogP contribution is -2.42. The number of rotatable bonds is 3. The van der Waals surface area contributed by atoms with Gasteiger partial charge in [-0.15, -0.1) is 0 Å². The molecular formula is C15H26N2. The monoisotopic (exact) mass is 234 g/mol. The summed E-state index contributed by atoms with van der Waals surface area (Å²) in [6.45, 7) is 7.07. The Bertz CT molecular complexity index is 281. The molecule has 2 heteroatoms. The van der Waals surface area contributed by atoms with Crippen molar-refractivity contribution < 1.29 is 0 Å². The van der Waals surface area contributed by atoms with Crippen LogP contribution in [0.2, 0.25) is 0 Å². The van der Waals surface area contributed by atoms with E-state index >= 15 is 0 Å². The maximum Gasteiger partial charge on any atom is 0.0672 e. The SMILES string of the molecule is CCCC1CCC(C#N)C(N2CCC(C)C2)C1. The highest BCUT2D eigenvalue weighted by Gasteiger charge is 2.36. The smallest absolute Gasteiger partial charge is 0.0672 e. The van der Waals surface area contributed by atoms with Gasteiger partial charge in [-0.25, -0.2) is 0 Å². The fourth-order valence-electron chi connectivity index (χ4n) is 3.73. The maximum absolute atomic E-state index is 9.33. The van der Waals surface area contributed by atoms with Crippen LogP contribution in [0.4, 0.5) is 0 Å². The molecule has 0 aromatic heterocycles. The molecule has 0 bridgehead atoms. The van der Waals surface area contributed by atoms with Crippen LogP contribution < -0.4 is 0 Å². The fraction of sp³-hybridized carbons (Fsp3) is 0.933. The minimum absolute atomic E-state index is 0.299. The van der Waals surface area contributed by atoms with Gasteiger partial charge in [0.05, 0.1) is 12.0 Å². The second-order valence-electron chi connectivity index (χ2n) is 6.16. The summed E-state index contributed by atoms with van der Waals surface area (Å²) in [5, 5.41) is 9.33. The second-order valence-corrected chi connectivity index (χ2v) is 6.16. The Morgan fingerprint density at radius 1 is 1.29 bits per heavy atom. The van der Waals surface area contributed by atoms with Crippen molar-refractivity contribution in [2.75, 3.05) is 13.1 Å². The highest BCUT2D eigenvalue weighted by molar-refractivity contribution is 4.98. The molecule has 0 spiro atoms. The van der Waals surface area contributed by atoms with Crippen LogP contribution in [-0.4, -0.2) is 24.0 Å². The van der Waals surface area contributed by atoms with Crippen molar-refractivity contribution >= 4 is 0 Å². The average Bonchev–Trinajstić information content (AvgIpc) is 2.76. The topological polar surface area (TPSA) is 27.0 Å². The lowest BCUT2D eigenvalue weighted by atomic mass is 9.76. The summed E-state index contributed by atoms with van der Waals surface area (Å²) in [5.41, 5.74) is 0. The molecule has 0 aromatic carbocycles. The van der Waals surface area contributed by atoms with Gasteiger partial charge in [-0.3, -0.25) is 4.90 Å². The molecule has 1 aliphatic carbocycles. The van der Waals surface area contributed by atoms with Crippen LogP contribution in [0, 0.1) is 29.1 Å². The Morgan fingerprint density at radius 2 is 2.12 bits per heavy atom. The lowest BCUT2D eigenvalue weighted by molar-refractivity contribution is 0.117. The molecule has 1 saturated heterocycles. The van der Waals surface area contributed by atoms with Gasteiger partial charge in [0.2, 0.25) is 0 Å². The van der Waals surface area contributed by atoms with Gasteiger partial charge in [-0.2, -0.15) is 5.26 Å². The molecule has 0 aromatic rings. The van der Waals surface area contributed by atoms with Gasteiger partial charge in [-0.05, 0) is 44.1 Å². The third-order valence-electron chi connectivity index (χ3n) is 4.71. The zero-order valence-corrected chi connectivity index (χ0v) is 11.4. The molecule has 4 atom stereocenters. The highest BCUT2D eigenvalue weighted by Crippen LogP contribution is 2.36. The van der Waals surface area contributed by atoms with Gasteiger partial charge in [0.15, 0.2) is 0 Å². The van der Waals surface area contributed by atoms with Gasteiger partial charge < -0.3 is 0 Å². The summed E-state index contributed by atoms with van der Waals surface area (Å²) in [7, 11) is 0. The molecule has 2 aliphatic rings. The summed E-state index contributed by atoms with van der Waals surface area (Å²) in [4.78, 5) is 2.61. The summed E-state index contributed by atoms with van der Waals surface area (Å²) >= 11 is 0. The van der Waals surface area contributed by atoms with Crippen LogP contribution in [-0.2, 0) is 0 Å². The minimum Gasteiger partial charge on any atom is -0.299 e. The molecule has 2 rings (SSSR count). The quantitative estimate of drug-likeness (QED) is 0.748. The molecule has 1 saturated carbocycles.